The first-order chi connectivity index (χ1) is 9.03. The number of aryl methyl sites for hydroxylation is 2. The van der Waals surface area contributed by atoms with Gasteiger partial charge in [-0.15, -0.1) is 0 Å². The van der Waals surface area contributed by atoms with Crippen LogP contribution in [0.25, 0.3) is 0 Å². The molecule has 0 aliphatic carbocycles. The maximum absolute atomic E-state index is 9.34. The van der Waals surface area contributed by atoms with Gasteiger partial charge in [-0.25, -0.2) is 0 Å². The van der Waals surface area contributed by atoms with Gasteiger partial charge >= 0.3 is 0 Å². The van der Waals surface area contributed by atoms with E-state index in [2.05, 4.69) is 17.9 Å². The summed E-state index contributed by atoms with van der Waals surface area (Å²) in [5, 5.41) is 18.3. The third-order valence-electron chi connectivity index (χ3n) is 3.57. The number of hydrogen-bond donors (Lipinski definition) is 2. The number of nitrogens with zero attached hydrogens (tertiary/aromatic N) is 1. The predicted molar refractivity (Wildman–Crippen MR) is 76.5 cm³/mol. The highest BCUT2D eigenvalue weighted by Gasteiger charge is 2.15. The Balaban J connectivity index is 2.84. The highest BCUT2D eigenvalue weighted by Crippen LogP contribution is 2.23. The quantitative estimate of drug-likeness (QED) is 0.786. The lowest BCUT2D eigenvalue weighted by Crippen LogP contribution is -2.35. The van der Waals surface area contributed by atoms with Gasteiger partial charge in [0, 0.05) is 19.2 Å². The molecule has 1 aromatic carbocycles. The van der Waals surface area contributed by atoms with Crippen LogP contribution in [-0.2, 0) is 6.54 Å². The van der Waals surface area contributed by atoms with Crippen molar-refractivity contribution in [2.45, 2.75) is 32.9 Å². The molecule has 0 aromatic heterocycles. The van der Waals surface area contributed by atoms with E-state index < -0.39 is 0 Å². The van der Waals surface area contributed by atoms with Crippen LogP contribution in [0.4, 0.5) is 0 Å². The van der Waals surface area contributed by atoms with Crippen LogP contribution in [-0.4, -0.2) is 48.5 Å². The van der Waals surface area contributed by atoms with Crippen LogP contribution >= 0.6 is 0 Å². The summed E-state index contributed by atoms with van der Waals surface area (Å²) in [6.07, 6.45) is 0.585. The summed E-state index contributed by atoms with van der Waals surface area (Å²) in [6.45, 7) is 4.99. The third-order valence-corrected chi connectivity index (χ3v) is 3.57. The van der Waals surface area contributed by atoms with E-state index in [1.807, 2.05) is 20.0 Å². The standard InChI is InChI=1S/C15H25NO3/c1-11-8-15(19-4)12(2)7-13(11)9-16(3)14(10-18)5-6-17/h7-8,14,17-18H,5-6,9-10H2,1-4H3. The Labute approximate surface area is 115 Å². The molecule has 0 radical (unpaired) electrons. The van der Waals surface area contributed by atoms with Crippen LogP contribution in [0.1, 0.15) is 23.1 Å². The predicted octanol–water partition coefficient (Wildman–Crippen LogP) is 1.49. The molecule has 0 saturated heterocycles. The number of hydrogen-bond acceptors (Lipinski definition) is 4. The molecule has 0 heterocycles. The molecule has 0 bridgehead atoms. The summed E-state index contributed by atoms with van der Waals surface area (Å²) in [4.78, 5) is 2.07. The second-order valence-electron chi connectivity index (χ2n) is 5.01. The molecule has 2 N–H and O–H groups in total. The summed E-state index contributed by atoms with van der Waals surface area (Å²) in [7, 11) is 3.65. The van der Waals surface area contributed by atoms with Crippen molar-refractivity contribution in [3.8, 4) is 5.75 Å². The van der Waals surface area contributed by atoms with Crippen molar-refractivity contribution in [2.24, 2.45) is 0 Å². The molecule has 0 aliphatic heterocycles. The van der Waals surface area contributed by atoms with Crippen LogP contribution < -0.4 is 4.74 Å². The molecule has 1 aromatic rings. The van der Waals surface area contributed by atoms with Gasteiger partial charge < -0.3 is 14.9 Å². The van der Waals surface area contributed by atoms with Crippen molar-refractivity contribution in [1.29, 1.82) is 0 Å². The van der Waals surface area contributed by atoms with E-state index in [0.717, 1.165) is 17.9 Å². The summed E-state index contributed by atoms with van der Waals surface area (Å²) in [6, 6.07) is 4.16. The molecular formula is C15H25NO3. The Hall–Kier alpha value is -1.10. The molecule has 0 fully saturated rings. The maximum Gasteiger partial charge on any atom is 0.122 e. The first-order valence-corrected chi connectivity index (χ1v) is 6.59. The lowest BCUT2D eigenvalue weighted by molar-refractivity contribution is 0.115. The number of likely N-dealkylation sites (N-methyl/N-ethyl adjacent to an activating group) is 1. The molecule has 108 valence electrons. The average Bonchev–Trinajstić information content (AvgIpc) is 2.39. The summed E-state index contributed by atoms with van der Waals surface area (Å²) >= 11 is 0. The van der Waals surface area contributed by atoms with Crippen LogP contribution in [0.3, 0.4) is 0 Å². The van der Waals surface area contributed by atoms with Crippen LogP contribution in [0, 0.1) is 13.8 Å². The highest BCUT2D eigenvalue weighted by molar-refractivity contribution is 5.41. The zero-order valence-electron chi connectivity index (χ0n) is 12.3. The molecule has 4 nitrogen and oxygen atoms in total. The molecular weight excluding hydrogens is 242 g/mol. The van der Waals surface area contributed by atoms with Gasteiger partial charge in [0.05, 0.1) is 13.7 Å². The molecule has 0 amide bonds. The molecule has 1 atom stereocenters. The van der Waals surface area contributed by atoms with Gasteiger partial charge in [0.25, 0.3) is 0 Å². The summed E-state index contributed by atoms with van der Waals surface area (Å²) < 4.78 is 5.31. The molecule has 1 unspecified atom stereocenters. The van der Waals surface area contributed by atoms with Crippen molar-refractivity contribution in [3.05, 3.63) is 28.8 Å². The highest BCUT2D eigenvalue weighted by atomic mass is 16.5. The largest absolute Gasteiger partial charge is 0.496 e. The molecule has 19 heavy (non-hydrogen) atoms. The van der Waals surface area contributed by atoms with E-state index in [1.54, 1.807) is 7.11 Å². The minimum absolute atomic E-state index is 0.00759. The van der Waals surface area contributed by atoms with Crippen LogP contribution in [0.2, 0.25) is 0 Å². The van der Waals surface area contributed by atoms with Gasteiger partial charge in [-0.1, -0.05) is 6.07 Å². The van der Waals surface area contributed by atoms with Crippen molar-refractivity contribution in [3.63, 3.8) is 0 Å². The van der Waals surface area contributed by atoms with Gasteiger partial charge in [-0.05, 0) is 50.1 Å². The van der Waals surface area contributed by atoms with E-state index in [0.29, 0.717) is 6.42 Å². The Morgan fingerprint density at radius 1 is 1.21 bits per heavy atom. The van der Waals surface area contributed by atoms with Gasteiger partial charge in [-0.2, -0.15) is 0 Å². The van der Waals surface area contributed by atoms with Crippen LogP contribution in [0.5, 0.6) is 5.75 Å². The zero-order valence-corrected chi connectivity index (χ0v) is 12.3. The molecule has 0 spiro atoms. The van der Waals surface area contributed by atoms with Crippen molar-refractivity contribution in [1.82, 2.24) is 4.90 Å². The normalized spacial score (nSPS) is 12.8. The minimum atomic E-state index is -0.00759. The molecule has 1 rings (SSSR count). The van der Waals surface area contributed by atoms with E-state index >= 15 is 0 Å². The first-order valence-electron chi connectivity index (χ1n) is 6.59. The average molecular weight is 267 g/mol. The summed E-state index contributed by atoms with van der Waals surface area (Å²) in [5.41, 5.74) is 3.51. The van der Waals surface area contributed by atoms with Crippen molar-refractivity contribution >= 4 is 0 Å². The molecule has 0 aliphatic rings. The lowest BCUT2D eigenvalue weighted by atomic mass is 10.0. The van der Waals surface area contributed by atoms with E-state index in [1.165, 1.54) is 11.1 Å². The Morgan fingerprint density at radius 2 is 1.89 bits per heavy atom. The van der Waals surface area contributed by atoms with E-state index in [4.69, 9.17) is 9.84 Å². The smallest absolute Gasteiger partial charge is 0.122 e. The van der Waals surface area contributed by atoms with E-state index in [9.17, 15) is 5.11 Å². The number of methoxy groups -OCH3 is 1. The van der Waals surface area contributed by atoms with Gasteiger partial charge in [0.1, 0.15) is 5.75 Å². The fourth-order valence-electron chi connectivity index (χ4n) is 2.24. The Kier molecular flexibility index (Phi) is 6.28. The fourth-order valence-corrected chi connectivity index (χ4v) is 2.24. The van der Waals surface area contributed by atoms with Crippen molar-refractivity contribution in [2.75, 3.05) is 27.4 Å². The number of benzene rings is 1. The second-order valence-corrected chi connectivity index (χ2v) is 5.01. The first kappa shape index (κ1) is 16.0. The minimum Gasteiger partial charge on any atom is -0.496 e. The molecule has 0 saturated carbocycles. The van der Waals surface area contributed by atoms with Gasteiger partial charge in [-0.3, -0.25) is 4.90 Å². The Morgan fingerprint density at radius 3 is 2.42 bits per heavy atom. The number of rotatable bonds is 7. The SMILES string of the molecule is COc1cc(C)c(CN(C)C(CO)CCO)cc1C. The van der Waals surface area contributed by atoms with Crippen LogP contribution in [0.15, 0.2) is 12.1 Å². The van der Waals surface area contributed by atoms with Crippen molar-refractivity contribution < 1.29 is 14.9 Å². The lowest BCUT2D eigenvalue weighted by Gasteiger charge is -2.27. The summed E-state index contributed by atoms with van der Waals surface area (Å²) in [5.74, 6) is 0.901. The molecule has 4 heteroatoms. The monoisotopic (exact) mass is 267 g/mol. The topological polar surface area (TPSA) is 52.9 Å². The van der Waals surface area contributed by atoms with E-state index in [-0.39, 0.29) is 19.3 Å². The second kappa shape index (κ2) is 7.48. The third kappa shape index (κ3) is 4.20. The van der Waals surface area contributed by atoms with Gasteiger partial charge in [0.15, 0.2) is 0 Å². The number of aliphatic hydroxyl groups is 2. The van der Waals surface area contributed by atoms with Gasteiger partial charge in [0.2, 0.25) is 0 Å². The number of aliphatic hydroxyl groups excluding tert-OH is 2. The number of ether oxygens (including phenoxy) is 1. The zero-order chi connectivity index (χ0) is 14.4. The Bertz CT molecular complexity index is 407. The maximum atomic E-state index is 9.34. The fraction of sp³-hybridized carbons (Fsp3) is 0.600.